The average Bonchev–Trinajstić information content (AvgIpc) is 2.16. The predicted octanol–water partition coefficient (Wildman–Crippen LogP) is 2.09. The van der Waals surface area contributed by atoms with Crippen LogP contribution in [0.2, 0.25) is 0 Å². The number of carbonyl (C=O) groups is 1. The van der Waals surface area contributed by atoms with Gasteiger partial charge in [0, 0.05) is 13.1 Å². The van der Waals surface area contributed by atoms with Crippen molar-refractivity contribution in [2.24, 2.45) is 16.6 Å². The molecular formula is C12H25ClN2O. The number of rotatable bonds is 5. The van der Waals surface area contributed by atoms with E-state index in [9.17, 15) is 4.79 Å². The van der Waals surface area contributed by atoms with Gasteiger partial charge in [0.25, 0.3) is 0 Å². The van der Waals surface area contributed by atoms with Gasteiger partial charge in [0.05, 0.1) is 5.41 Å². The highest BCUT2D eigenvalue weighted by atomic mass is 35.5. The topological polar surface area (TPSA) is 55.1 Å². The molecule has 0 aromatic rings. The fourth-order valence-corrected chi connectivity index (χ4v) is 1.93. The van der Waals surface area contributed by atoms with E-state index in [4.69, 9.17) is 5.73 Å². The Balaban J connectivity index is 0.00000225. The molecule has 0 aliphatic heterocycles. The molecule has 1 amide bonds. The van der Waals surface area contributed by atoms with Crippen LogP contribution < -0.4 is 11.1 Å². The number of nitrogens with two attached hydrogens (primary N) is 1. The van der Waals surface area contributed by atoms with Crippen LogP contribution in [-0.4, -0.2) is 19.0 Å². The van der Waals surface area contributed by atoms with Crippen molar-refractivity contribution in [3.05, 3.63) is 0 Å². The van der Waals surface area contributed by atoms with Gasteiger partial charge < -0.3 is 11.1 Å². The number of hydrogen-bond donors (Lipinski definition) is 2. The van der Waals surface area contributed by atoms with Gasteiger partial charge in [-0.3, -0.25) is 4.79 Å². The first-order valence-corrected chi connectivity index (χ1v) is 5.94. The van der Waals surface area contributed by atoms with Gasteiger partial charge in [-0.15, -0.1) is 12.4 Å². The Labute approximate surface area is 105 Å². The summed E-state index contributed by atoms with van der Waals surface area (Å²) >= 11 is 0. The van der Waals surface area contributed by atoms with Gasteiger partial charge in [0.1, 0.15) is 0 Å². The van der Waals surface area contributed by atoms with Crippen molar-refractivity contribution in [1.29, 1.82) is 0 Å². The van der Waals surface area contributed by atoms with E-state index in [1.807, 2.05) is 13.8 Å². The van der Waals surface area contributed by atoms with E-state index in [1.54, 1.807) is 0 Å². The van der Waals surface area contributed by atoms with E-state index in [0.29, 0.717) is 12.0 Å². The van der Waals surface area contributed by atoms with Crippen LogP contribution in [0.1, 0.15) is 46.5 Å². The van der Waals surface area contributed by atoms with Crippen molar-refractivity contribution >= 4 is 18.3 Å². The van der Waals surface area contributed by atoms with Gasteiger partial charge in [0.2, 0.25) is 5.91 Å². The van der Waals surface area contributed by atoms with E-state index in [0.717, 1.165) is 13.0 Å². The first-order chi connectivity index (χ1) is 6.96. The maximum Gasteiger partial charge on any atom is 0.226 e. The molecule has 1 saturated carbocycles. The minimum atomic E-state index is -0.432. The Morgan fingerprint density at radius 3 is 2.31 bits per heavy atom. The molecule has 3 N–H and O–H groups in total. The third-order valence-electron chi connectivity index (χ3n) is 3.91. The average molecular weight is 249 g/mol. The molecule has 96 valence electrons. The summed E-state index contributed by atoms with van der Waals surface area (Å²) in [5.74, 6) is 0.0877. The first-order valence-electron chi connectivity index (χ1n) is 5.94. The van der Waals surface area contributed by atoms with Crippen molar-refractivity contribution in [2.45, 2.75) is 46.5 Å². The molecule has 0 heterocycles. The second-order valence-electron chi connectivity index (χ2n) is 5.48. The molecule has 0 aromatic heterocycles. The minimum absolute atomic E-state index is 0. The lowest BCUT2D eigenvalue weighted by atomic mass is 9.67. The monoisotopic (exact) mass is 248 g/mol. The predicted molar refractivity (Wildman–Crippen MR) is 69.7 cm³/mol. The van der Waals surface area contributed by atoms with Crippen molar-refractivity contribution in [3.8, 4) is 0 Å². The number of halogens is 1. The summed E-state index contributed by atoms with van der Waals surface area (Å²) in [5, 5.41) is 3.05. The van der Waals surface area contributed by atoms with Crippen LogP contribution in [0.25, 0.3) is 0 Å². The van der Waals surface area contributed by atoms with Crippen molar-refractivity contribution in [3.63, 3.8) is 0 Å². The van der Waals surface area contributed by atoms with E-state index in [-0.39, 0.29) is 18.3 Å². The smallest absolute Gasteiger partial charge is 0.226 e. The molecule has 0 spiro atoms. The largest absolute Gasteiger partial charge is 0.355 e. The minimum Gasteiger partial charge on any atom is -0.355 e. The summed E-state index contributed by atoms with van der Waals surface area (Å²) in [7, 11) is 0. The van der Waals surface area contributed by atoms with Crippen LogP contribution in [0, 0.1) is 10.8 Å². The van der Waals surface area contributed by atoms with Gasteiger partial charge in [-0.2, -0.15) is 0 Å². The number of carbonyl (C=O) groups excluding carboxylic acids is 1. The molecule has 1 aliphatic rings. The van der Waals surface area contributed by atoms with Crippen LogP contribution in [0.5, 0.6) is 0 Å². The Kier molecular flexibility index (Phi) is 5.77. The summed E-state index contributed by atoms with van der Waals surface area (Å²) in [6.07, 6.45) is 4.99. The van der Waals surface area contributed by atoms with Gasteiger partial charge in [-0.1, -0.05) is 13.3 Å². The maximum absolute atomic E-state index is 11.8. The van der Waals surface area contributed by atoms with E-state index < -0.39 is 5.41 Å². The molecule has 16 heavy (non-hydrogen) atoms. The highest BCUT2D eigenvalue weighted by molar-refractivity contribution is 5.85. The zero-order valence-corrected chi connectivity index (χ0v) is 11.5. The molecule has 4 heteroatoms. The molecule has 0 atom stereocenters. The highest BCUT2D eigenvalue weighted by Gasteiger charge is 2.36. The van der Waals surface area contributed by atoms with Gasteiger partial charge in [0.15, 0.2) is 0 Å². The highest BCUT2D eigenvalue weighted by Crippen LogP contribution is 2.43. The number of hydrogen-bond acceptors (Lipinski definition) is 2. The normalized spacial score (nSPS) is 18.2. The first kappa shape index (κ1) is 15.7. The number of amides is 1. The second kappa shape index (κ2) is 5.87. The van der Waals surface area contributed by atoms with Crippen molar-refractivity contribution < 1.29 is 4.79 Å². The molecule has 1 rings (SSSR count). The van der Waals surface area contributed by atoms with Crippen LogP contribution in [-0.2, 0) is 4.79 Å². The van der Waals surface area contributed by atoms with Crippen LogP contribution in [0.4, 0.5) is 0 Å². The molecule has 0 bridgehead atoms. The Morgan fingerprint density at radius 2 is 2.00 bits per heavy atom. The summed E-state index contributed by atoms with van der Waals surface area (Å²) in [6.45, 7) is 7.21. The third kappa shape index (κ3) is 3.36. The van der Waals surface area contributed by atoms with Gasteiger partial charge in [-0.25, -0.2) is 0 Å². The van der Waals surface area contributed by atoms with E-state index in [2.05, 4.69) is 12.2 Å². The van der Waals surface area contributed by atoms with Crippen LogP contribution in [0.15, 0.2) is 0 Å². The molecule has 0 radical (unpaired) electrons. The van der Waals surface area contributed by atoms with Gasteiger partial charge in [-0.05, 0) is 38.5 Å². The molecule has 3 nitrogen and oxygen atoms in total. The molecular weight excluding hydrogens is 224 g/mol. The number of nitrogens with one attached hydrogen (secondary N) is 1. The summed E-state index contributed by atoms with van der Waals surface area (Å²) in [6, 6.07) is 0. The third-order valence-corrected chi connectivity index (χ3v) is 3.91. The SMILES string of the molecule is CCC1(CNC(=O)C(C)(C)CN)CCC1.Cl. The Bertz CT molecular complexity index is 232. The lowest BCUT2D eigenvalue weighted by Crippen LogP contribution is -2.47. The zero-order chi connectivity index (χ0) is 11.5. The molecule has 0 unspecified atom stereocenters. The fraction of sp³-hybridized carbons (Fsp3) is 0.917. The summed E-state index contributed by atoms with van der Waals surface area (Å²) in [4.78, 5) is 11.8. The zero-order valence-electron chi connectivity index (χ0n) is 10.6. The summed E-state index contributed by atoms with van der Waals surface area (Å²) in [5.41, 5.74) is 5.52. The van der Waals surface area contributed by atoms with E-state index in [1.165, 1.54) is 19.3 Å². The lowest BCUT2D eigenvalue weighted by molar-refractivity contribution is -0.129. The standard InChI is InChI=1S/C12H24N2O.ClH/c1-4-12(6-5-7-12)9-14-10(15)11(2,3)8-13;/h4-9,13H2,1-3H3,(H,14,15);1H. The second-order valence-corrected chi connectivity index (χ2v) is 5.48. The fourth-order valence-electron chi connectivity index (χ4n) is 1.93. The molecule has 0 aromatic carbocycles. The molecule has 1 aliphatic carbocycles. The van der Waals surface area contributed by atoms with E-state index >= 15 is 0 Å². The summed E-state index contributed by atoms with van der Waals surface area (Å²) < 4.78 is 0. The Hall–Kier alpha value is -0.280. The quantitative estimate of drug-likeness (QED) is 0.783. The maximum atomic E-state index is 11.8. The van der Waals surface area contributed by atoms with Crippen LogP contribution in [0.3, 0.4) is 0 Å². The van der Waals surface area contributed by atoms with Crippen molar-refractivity contribution in [1.82, 2.24) is 5.32 Å². The Morgan fingerprint density at radius 1 is 1.44 bits per heavy atom. The molecule has 1 fully saturated rings. The van der Waals surface area contributed by atoms with Crippen LogP contribution >= 0.6 is 12.4 Å². The van der Waals surface area contributed by atoms with Crippen molar-refractivity contribution in [2.75, 3.05) is 13.1 Å². The van der Waals surface area contributed by atoms with Gasteiger partial charge >= 0.3 is 0 Å². The lowest BCUT2D eigenvalue weighted by Gasteiger charge is -2.42. The molecule has 0 saturated heterocycles.